The maximum Gasteiger partial charge on any atom is 1.00 e. The largest absolute Gasteiger partial charge is 1.00 e. The summed E-state index contributed by atoms with van der Waals surface area (Å²) in [6, 6.07) is 14.9. The summed E-state index contributed by atoms with van der Waals surface area (Å²) in [4.78, 5) is -0.126. The van der Waals surface area contributed by atoms with Gasteiger partial charge in [-0.25, -0.2) is 8.42 Å². The van der Waals surface area contributed by atoms with Crippen LogP contribution in [0.3, 0.4) is 0 Å². The van der Waals surface area contributed by atoms with Crippen LogP contribution in [0.25, 0.3) is 21.5 Å². The summed E-state index contributed by atoms with van der Waals surface area (Å²) in [5.41, 5.74) is 1.32. The van der Waals surface area contributed by atoms with E-state index in [1.54, 1.807) is 12.1 Å². The molecular weight excluding hydrogens is 335 g/mol. The summed E-state index contributed by atoms with van der Waals surface area (Å²) < 4.78 is 35.4. The Kier molecular flexibility index (Phi) is 5.84. The summed E-state index contributed by atoms with van der Waals surface area (Å²) in [6.45, 7) is 5.62. The number of benzene rings is 3. The first-order valence-electron chi connectivity index (χ1n) is 6.91. The van der Waals surface area contributed by atoms with Gasteiger partial charge in [-0.05, 0) is 35.1 Å². The van der Waals surface area contributed by atoms with Gasteiger partial charge in [0.2, 0.25) is 0 Å². The maximum atomic E-state index is 11.8. The van der Waals surface area contributed by atoms with Crippen molar-refractivity contribution >= 4 is 31.7 Å². The fourth-order valence-corrected chi connectivity index (χ4v) is 3.77. The summed E-state index contributed by atoms with van der Waals surface area (Å²) in [5, 5.41) is 3.20. The Balaban J connectivity index is 0.00000192. The number of hydrogen-bond donors (Lipinski definition) is 0. The third-order valence-corrected chi connectivity index (χ3v) is 4.68. The van der Waals surface area contributed by atoms with Crippen LogP contribution in [-0.4, -0.2) is 13.0 Å². The Labute approximate surface area is 178 Å². The van der Waals surface area contributed by atoms with Crippen molar-refractivity contribution < 1.29 is 64.4 Å². The Morgan fingerprint density at radius 3 is 2.30 bits per heavy atom. The fraction of sp³-hybridized carbons (Fsp3) is 0.111. The van der Waals surface area contributed by atoms with E-state index >= 15 is 0 Å². The van der Waals surface area contributed by atoms with Gasteiger partial charge in [-0.2, -0.15) is 0 Å². The third kappa shape index (κ3) is 3.77. The molecule has 0 atom stereocenters. The zero-order chi connectivity index (χ0) is 15.9. The van der Waals surface area contributed by atoms with Crippen molar-refractivity contribution in [3.05, 3.63) is 66.2 Å². The topological polar surface area (TPSA) is 57.2 Å². The quantitative estimate of drug-likeness (QED) is 0.307. The number of allylic oxidation sites excluding steroid dienone is 1. The van der Waals surface area contributed by atoms with E-state index in [1.807, 2.05) is 43.3 Å². The van der Waals surface area contributed by atoms with Gasteiger partial charge in [0.1, 0.15) is 10.1 Å². The molecule has 0 spiro atoms. The van der Waals surface area contributed by atoms with E-state index in [4.69, 9.17) is 0 Å². The molecule has 0 aliphatic heterocycles. The molecular formula is C18H15KO3S. The summed E-state index contributed by atoms with van der Waals surface area (Å²) in [5.74, 6) is 0. The Hall–Kier alpha value is -0.534. The predicted octanol–water partition coefficient (Wildman–Crippen LogP) is 1.02. The zero-order valence-electron chi connectivity index (χ0n) is 13.2. The Bertz CT molecular complexity index is 1010. The molecule has 3 aromatic carbocycles. The van der Waals surface area contributed by atoms with Crippen LogP contribution < -0.4 is 51.4 Å². The Morgan fingerprint density at radius 2 is 1.65 bits per heavy atom. The van der Waals surface area contributed by atoms with Crippen LogP contribution in [0.2, 0.25) is 0 Å². The standard InChI is InChI=1S/C18H16O3S.K/c1-12(2)11-14-8-9-16-15-6-4-3-5-13(15)7-10-17(16)18(14)22(19,20)21;/h3-10H,1,11H2,2H3,(H,19,20,21);/q;+1/p-1. The first-order chi connectivity index (χ1) is 10.4. The van der Waals surface area contributed by atoms with Gasteiger partial charge >= 0.3 is 51.4 Å². The van der Waals surface area contributed by atoms with Crippen molar-refractivity contribution in [2.75, 3.05) is 0 Å². The van der Waals surface area contributed by atoms with Crippen LogP contribution in [0, 0.1) is 0 Å². The molecule has 0 heterocycles. The molecule has 0 saturated heterocycles. The van der Waals surface area contributed by atoms with E-state index in [2.05, 4.69) is 6.58 Å². The van der Waals surface area contributed by atoms with Crippen LogP contribution in [0.4, 0.5) is 0 Å². The Morgan fingerprint density at radius 1 is 1.00 bits per heavy atom. The molecule has 0 aliphatic carbocycles. The molecule has 112 valence electrons. The monoisotopic (exact) mass is 350 g/mol. The van der Waals surface area contributed by atoms with Gasteiger partial charge in [0.25, 0.3) is 0 Å². The molecule has 0 saturated carbocycles. The van der Waals surface area contributed by atoms with Crippen LogP contribution in [-0.2, 0) is 16.5 Å². The SMILES string of the molecule is C=C(C)Cc1ccc2c(ccc3ccccc32)c1S(=O)(=O)[O-].[K+]. The molecule has 0 unspecified atom stereocenters. The zero-order valence-corrected chi connectivity index (χ0v) is 17.1. The molecule has 0 fully saturated rings. The first-order valence-corrected chi connectivity index (χ1v) is 8.32. The van der Waals surface area contributed by atoms with Crippen molar-refractivity contribution in [3.63, 3.8) is 0 Å². The molecule has 0 radical (unpaired) electrons. The van der Waals surface area contributed by atoms with E-state index in [0.29, 0.717) is 17.4 Å². The molecule has 3 nitrogen and oxygen atoms in total. The molecule has 0 N–H and O–H groups in total. The van der Waals surface area contributed by atoms with Crippen LogP contribution >= 0.6 is 0 Å². The average molecular weight is 350 g/mol. The molecule has 3 rings (SSSR count). The van der Waals surface area contributed by atoms with Gasteiger partial charge in [0, 0.05) is 5.39 Å². The smallest absolute Gasteiger partial charge is 0.744 e. The summed E-state index contributed by atoms with van der Waals surface area (Å²) in [7, 11) is -4.57. The average Bonchev–Trinajstić information content (AvgIpc) is 2.44. The van der Waals surface area contributed by atoms with Gasteiger partial charge in [0.05, 0.1) is 4.90 Å². The minimum Gasteiger partial charge on any atom is -0.744 e. The van der Waals surface area contributed by atoms with Gasteiger partial charge in [-0.3, -0.25) is 0 Å². The van der Waals surface area contributed by atoms with E-state index in [-0.39, 0.29) is 56.3 Å². The second kappa shape index (κ2) is 7.15. The number of hydrogen-bond acceptors (Lipinski definition) is 3. The minimum absolute atomic E-state index is 0. The van der Waals surface area contributed by atoms with Crippen molar-refractivity contribution in [3.8, 4) is 0 Å². The number of rotatable bonds is 3. The van der Waals surface area contributed by atoms with Crippen LogP contribution in [0.15, 0.2) is 65.6 Å². The second-order valence-electron chi connectivity index (χ2n) is 5.52. The minimum atomic E-state index is -4.57. The van der Waals surface area contributed by atoms with Gasteiger partial charge in [0.15, 0.2) is 0 Å². The summed E-state index contributed by atoms with van der Waals surface area (Å²) >= 11 is 0. The molecule has 5 heteroatoms. The maximum absolute atomic E-state index is 11.8. The van der Waals surface area contributed by atoms with E-state index in [0.717, 1.165) is 21.7 Å². The molecule has 0 bridgehead atoms. The normalized spacial score (nSPS) is 11.4. The number of fused-ring (bicyclic) bond motifs is 3. The molecule has 3 aromatic rings. The third-order valence-electron chi connectivity index (χ3n) is 3.70. The van der Waals surface area contributed by atoms with Crippen molar-refractivity contribution in [2.24, 2.45) is 0 Å². The molecule has 0 aliphatic rings. The van der Waals surface area contributed by atoms with Crippen molar-refractivity contribution in [1.29, 1.82) is 0 Å². The van der Waals surface area contributed by atoms with Crippen LogP contribution in [0.5, 0.6) is 0 Å². The van der Waals surface area contributed by atoms with Gasteiger partial charge in [-0.1, -0.05) is 60.7 Å². The molecule has 0 aromatic heterocycles. The molecule has 23 heavy (non-hydrogen) atoms. The molecule has 0 amide bonds. The van der Waals surface area contributed by atoms with E-state index in [1.165, 1.54) is 0 Å². The van der Waals surface area contributed by atoms with Gasteiger partial charge < -0.3 is 4.55 Å². The first kappa shape index (κ1) is 18.8. The predicted molar refractivity (Wildman–Crippen MR) is 87.9 cm³/mol. The van der Waals surface area contributed by atoms with Crippen LogP contribution in [0.1, 0.15) is 12.5 Å². The summed E-state index contributed by atoms with van der Waals surface area (Å²) in [6.07, 6.45) is 0.375. The second-order valence-corrected chi connectivity index (χ2v) is 6.84. The van der Waals surface area contributed by atoms with Crippen molar-refractivity contribution in [1.82, 2.24) is 0 Å². The van der Waals surface area contributed by atoms with Gasteiger partial charge in [-0.15, -0.1) is 0 Å². The van der Waals surface area contributed by atoms with E-state index in [9.17, 15) is 13.0 Å². The fourth-order valence-electron chi connectivity index (χ4n) is 2.87. The van der Waals surface area contributed by atoms with Crippen molar-refractivity contribution in [2.45, 2.75) is 18.2 Å². The van der Waals surface area contributed by atoms with E-state index < -0.39 is 10.1 Å².